The predicted molar refractivity (Wildman–Crippen MR) is 117 cm³/mol. The van der Waals surface area contributed by atoms with Gasteiger partial charge in [0.05, 0.1) is 6.10 Å². The van der Waals surface area contributed by atoms with E-state index in [0.29, 0.717) is 41.9 Å². The van der Waals surface area contributed by atoms with Crippen LogP contribution in [0.2, 0.25) is 0 Å². The lowest BCUT2D eigenvalue weighted by Crippen LogP contribution is -2.22. The molecule has 3 rings (SSSR count). The number of aryl methyl sites for hydroxylation is 1. The van der Waals surface area contributed by atoms with Crippen molar-refractivity contribution in [3.05, 3.63) is 46.8 Å². The molecule has 5 heteroatoms. The van der Waals surface area contributed by atoms with Crippen molar-refractivity contribution in [2.75, 3.05) is 13.3 Å². The maximum Gasteiger partial charge on any atom is 0.162 e. The van der Waals surface area contributed by atoms with Gasteiger partial charge < -0.3 is 4.74 Å². The molecule has 2 fully saturated rings. The van der Waals surface area contributed by atoms with Crippen molar-refractivity contribution < 1.29 is 22.3 Å². The molecule has 2 aliphatic rings. The van der Waals surface area contributed by atoms with E-state index in [1.807, 2.05) is 6.92 Å². The quantitative estimate of drug-likeness (QED) is 0.354. The normalized spacial score (nSPS) is 27.5. The summed E-state index contributed by atoms with van der Waals surface area (Å²) in [6.07, 6.45) is 11.2. The standard InChI is InChI=1S/C26H36F4O/c1-2-31-23-14-7-19(8-15-23)5-11-21-12-16-24(26(30)25(21)29)20-9-3-18(4-10-20)6-13-22(28)17-27/h12-13,16,18-20,23H,2-11,14-15,17H2,1H3/b22-13-. The number of hydrogen-bond donors (Lipinski definition) is 0. The summed E-state index contributed by atoms with van der Waals surface area (Å²) in [5.74, 6) is -1.24. The van der Waals surface area contributed by atoms with Crippen molar-refractivity contribution in [2.45, 2.75) is 89.6 Å². The van der Waals surface area contributed by atoms with Crippen LogP contribution in [0.1, 0.15) is 88.2 Å². The van der Waals surface area contributed by atoms with Gasteiger partial charge in [-0.1, -0.05) is 12.1 Å². The number of ether oxygens (including phenoxy) is 1. The molecule has 0 unspecified atom stereocenters. The molecule has 2 aliphatic carbocycles. The number of alkyl halides is 1. The van der Waals surface area contributed by atoms with Crippen LogP contribution in [0, 0.1) is 23.5 Å². The van der Waals surface area contributed by atoms with E-state index >= 15 is 0 Å². The Morgan fingerprint density at radius 2 is 1.65 bits per heavy atom. The molecule has 0 saturated heterocycles. The van der Waals surface area contributed by atoms with Crippen molar-refractivity contribution in [1.82, 2.24) is 0 Å². The average Bonchev–Trinajstić information content (AvgIpc) is 2.80. The molecule has 0 radical (unpaired) electrons. The highest BCUT2D eigenvalue weighted by Gasteiger charge is 2.27. The van der Waals surface area contributed by atoms with E-state index in [1.165, 1.54) is 6.08 Å². The number of rotatable bonds is 9. The molecular weight excluding hydrogens is 404 g/mol. The first-order valence-corrected chi connectivity index (χ1v) is 12.0. The third kappa shape index (κ3) is 6.81. The van der Waals surface area contributed by atoms with Crippen molar-refractivity contribution in [2.24, 2.45) is 11.8 Å². The molecule has 0 heterocycles. The molecule has 1 aromatic rings. The Morgan fingerprint density at radius 3 is 2.29 bits per heavy atom. The van der Waals surface area contributed by atoms with Crippen LogP contribution < -0.4 is 0 Å². The monoisotopic (exact) mass is 440 g/mol. The minimum Gasteiger partial charge on any atom is -0.379 e. The van der Waals surface area contributed by atoms with Gasteiger partial charge in [-0.25, -0.2) is 17.6 Å². The van der Waals surface area contributed by atoms with E-state index in [0.717, 1.165) is 64.4 Å². The lowest BCUT2D eigenvalue weighted by molar-refractivity contribution is 0.0248. The topological polar surface area (TPSA) is 9.23 Å². The molecule has 1 aromatic carbocycles. The molecule has 0 N–H and O–H groups in total. The van der Waals surface area contributed by atoms with Crippen LogP contribution >= 0.6 is 0 Å². The highest BCUT2D eigenvalue weighted by atomic mass is 19.2. The second kappa shape index (κ2) is 12.0. The second-order valence-electron chi connectivity index (χ2n) is 9.32. The third-order valence-electron chi connectivity index (χ3n) is 7.30. The highest BCUT2D eigenvalue weighted by molar-refractivity contribution is 5.29. The molecule has 0 bridgehead atoms. The van der Waals surface area contributed by atoms with E-state index in [4.69, 9.17) is 4.74 Å². The smallest absolute Gasteiger partial charge is 0.162 e. The molecule has 0 atom stereocenters. The zero-order valence-corrected chi connectivity index (χ0v) is 18.7. The van der Waals surface area contributed by atoms with Crippen molar-refractivity contribution in [1.29, 1.82) is 0 Å². The van der Waals surface area contributed by atoms with Crippen LogP contribution in [0.15, 0.2) is 24.0 Å². The number of allylic oxidation sites excluding steroid dienone is 2. The molecular formula is C26H36F4O. The first-order valence-electron chi connectivity index (χ1n) is 12.0. The van der Waals surface area contributed by atoms with Gasteiger partial charge in [-0.2, -0.15) is 0 Å². The third-order valence-corrected chi connectivity index (χ3v) is 7.30. The van der Waals surface area contributed by atoms with Gasteiger partial charge in [-0.05, 0) is 113 Å². The minimum absolute atomic E-state index is 0.00338. The van der Waals surface area contributed by atoms with Gasteiger partial charge in [-0.3, -0.25) is 0 Å². The van der Waals surface area contributed by atoms with Crippen LogP contribution in [0.5, 0.6) is 0 Å². The van der Waals surface area contributed by atoms with Gasteiger partial charge in [-0.15, -0.1) is 0 Å². The van der Waals surface area contributed by atoms with E-state index in [1.54, 1.807) is 12.1 Å². The predicted octanol–water partition coefficient (Wildman–Crippen LogP) is 7.98. The molecule has 0 amide bonds. The summed E-state index contributed by atoms with van der Waals surface area (Å²) in [6, 6.07) is 3.54. The first kappa shape index (κ1) is 24.3. The van der Waals surface area contributed by atoms with Crippen LogP contribution in [-0.4, -0.2) is 19.4 Å². The Morgan fingerprint density at radius 1 is 0.968 bits per heavy atom. The summed E-state index contributed by atoms with van der Waals surface area (Å²) in [4.78, 5) is 0. The Kier molecular flexibility index (Phi) is 9.43. The maximum atomic E-state index is 14.9. The first-order chi connectivity index (χ1) is 15.0. The molecule has 31 heavy (non-hydrogen) atoms. The lowest BCUT2D eigenvalue weighted by atomic mass is 9.77. The van der Waals surface area contributed by atoms with Crippen molar-refractivity contribution >= 4 is 0 Å². The minimum atomic E-state index is -1.05. The Labute approximate surface area is 184 Å². The second-order valence-corrected chi connectivity index (χ2v) is 9.32. The average molecular weight is 441 g/mol. The zero-order valence-electron chi connectivity index (χ0n) is 18.7. The Bertz CT molecular complexity index is 716. The van der Waals surface area contributed by atoms with Crippen LogP contribution in [0.4, 0.5) is 17.6 Å². The summed E-state index contributed by atoms with van der Waals surface area (Å²) in [5, 5.41) is 0. The van der Waals surface area contributed by atoms with Crippen LogP contribution in [0.3, 0.4) is 0 Å². The molecule has 0 aliphatic heterocycles. The fourth-order valence-electron chi connectivity index (χ4n) is 5.35. The number of hydrogen-bond acceptors (Lipinski definition) is 1. The SMILES string of the molecule is CCOC1CCC(CCc2ccc(C3CCC(C/C=C(\F)CF)CC3)c(F)c2F)CC1. The summed E-state index contributed by atoms with van der Waals surface area (Å²) in [5.41, 5.74) is 0.955. The van der Waals surface area contributed by atoms with Gasteiger partial charge >= 0.3 is 0 Å². The lowest BCUT2D eigenvalue weighted by Gasteiger charge is -2.29. The number of benzene rings is 1. The fourth-order valence-corrected chi connectivity index (χ4v) is 5.35. The van der Waals surface area contributed by atoms with Gasteiger partial charge in [0.2, 0.25) is 0 Å². The summed E-state index contributed by atoms with van der Waals surface area (Å²) in [7, 11) is 0. The maximum absolute atomic E-state index is 14.9. The van der Waals surface area contributed by atoms with E-state index in [2.05, 4.69) is 0 Å². The zero-order chi connectivity index (χ0) is 22.2. The molecule has 0 aromatic heterocycles. The van der Waals surface area contributed by atoms with E-state index in [9.17, 15) is 17.6 Å². The van der Waals surface area contributed by atoms with Crippen LogP contribution in [-0.2, 0) is 11.2 Å². The van der Waals surface area contributed by atoms with E-state index < -0.39 is 24.1 Å². The van der Waals surface area contributed by atoms with E-state index in [-0.39, 0.29) is 5.92 Å². The van der Waals surface area contributed by atoms with Crippen molar-refractivity contribution in [3.63, 3.8) is 0 Å². The van der Waals surface area contributed by atoms with Crippen molar-refractivity contribution in [3.8, 4) is 0 Å². The summed E-state index contributed by atoms with van der Waals surface area (Å²) < 4.78 is 60.5. The molecule has 174 valence electrons. The van der Waals surface area contributed by atoms with Crippen LogP contribution in [0.25, 0.3) is 0 Å². The molecule has 1 nitrogen and oxygen atoms in total. The largest absolute Gasteiger partial charge is 0.379 e. The fraction of sp³-hybridized carbons (Fsp3) is 0.692. The molecule has 2 saturated carbocycles. The van der Waals surface area contributed by atoms with Gasteiger partial charge in [0.25, 0.3) is 0 Å². The Balaban J connectivity index is 1.50. The summed E-state index contributed by atoms with van der Waals surface area (Å²) in [6.45, 7) is 1.72. The molecule has 0 spiro atoms. The van der Waals surface area contributed by atoms with Gasteiger partial charge in [0, 0.05) is 6.61 Å². The number of halogens is 4. The van der Waals surface area contributed by atoms with Gasteiger partial charge in [0.1, 0.15) is 12.5 Å². The summed E-state index contributed by atoms with van der Waals surface area (Å²) >= 11 is 0. The highest BCUT2D eigenvalue weighted by Crippen LogP contribution is 2.39. The Hall–Kier alpha value is -1.36. The van der Waals surface area contributed by atoms with Gasteiger partial charge in [0.15, 0.2) is 11.6 Å².